The lowest BCUT2D eigenvalue weighted by atomic mass is 10.1. The molecule has 1 aromatic carbocycles. The summed E-state index contributed by atoms with van der Waals surface area (Å²) in [5.74, 6) is -1.09. The van der Waals surface area contributed by atoms with E-state index in [-0.39, 0.29) is 6.04 Å². The van der Waals surface area contributed by atoms with Crippen molar-refractivity contribution in [3.05, 3.63) is 42.0 Å². The molecule has 1 aliphatic rings. The van der Waals surface area contributed by atoms with Crippen LogP contribution in [0.4, 0.5) is 8.78 Å². The summed E-state index contributed by atoms with van der Waals surface area (Å²) >= 11 is 0. The van der Waals surface area contributed by atoms with E-state index in [1.807, 2.05) is 7.05 Å². The molecule has 0 saturated carbocycles. The molecular formula is C15H18F2N4O2S. The quantitative estimate of drug-likeness (QED) is 0.820. The Balaban J connectivity index is 1.80. The zero-order chi connectivity index (χ0) is 17.3. The van der Waals surface area contributed by atoms with Gasteiger partial charge in [-0.1, -0.05) is 0 Å². The first-order chi connectivity index (χ1) is 11.4. The molecule has 9 heteroatoms. The highest BCUT2D eigenvalue weighted by Gasteiger charge is 2.36. The van der Waals surface area contributed by atoms with Crippen molar-refractivity contribution >= 4 is 10.0 Å². The Morgan fingerprint density at radius 2 is 2.12 bits per heavy atom. The predicted molar refractivity (Wildman–Crippen MR) is 82.6 cm³/mol. The van der Waals surface area contributed by atoms with Crippen LogP contribution in [0.3, 0.4) is 0 Å². The number of aryl methyl sites for hydroxylation is 2. The van der Waals surface area contributed by atoms with Gasteiger partial charge in [-0.05, 0) is 31.4 Å². The topological polar surface area (TPSA) is 68.1 Å². The molecule has 24 heavy (non-hydrogen) atoms. The SMILES string of the molecule is Cn1cnnc1CCC1CCCN1S(=O)(=O)c1ccc(F)cc1F. The number of nitrogens with zero attached hydrogens (tertiary/aromatic N) is 4. The second-order valence-electron chi connectivity index (χ2n) is 5.88. The van der Waals surface area contributed by atoms with Crippen molar-refractivity contribution in [3.63, 3.8) is 0 Å². The highest BCUT2D eigenvalue weighted by Crippen LogP contribution is 2.29. The van der Waals surface area contributed by atoms with Gasteiger partial charge in [-0.25, -0.2) is 17.2 Å². The summed E-state index contributed by atoms with van der Waals surface area (Å²) in [6.07, 6.45) is 4.17. The molecule has 6 nitrogen and oxygen atoms in total. The van der Waals surface area contributed by atoms with Gasteiger partial charge in [0.05, 0.1) is 0 Å². The Hall–Kier alpha value is -1.87. The minimum Gasteiger partial charge on any atom is -0.321 e. The summed E-state index contributed by atoms with van der Waals surface area (Å²) in [5, 5.41) is 7.79. The van der Waals surface area contributed by atoms with Crippen molar-refractivity contribution in [2.75, 3.05) is 6.54 Å². The molecule has 1 aliphatic heterocycles. The van der Waals surface area contributed by atoms with Crippen molar-refractivity contribution in [2.24, 2.45) is 7.05 Å². The average Bonchev–Trinajstić information content (AvgIpc) is 3.13. The van der Waals surface area contributed by atoms with Crippen LogP contribution in [-0.2, 0) is 23.5 Å². The third-order valence-corrected chi connectivity index (χ3v) is 6.30. The molecule has 1 atom stereocenters. The van der Waals surface area contributed by atoms with Gasteiger partial charge in [0.25, 0.3) is 0 Å². The molecule has 0 aliphatic carbocycles. The molecule has 1 saturated heterocycles. The second kappa shape index (κ2) is 6.56. The van der Waals surface area contributed by atoms with Crippen LogP contribution >= 0.6 is 0 Å². The monoisotopic (exact) mass is 356 g/mol. The number of hydrogen-bond donors (Lipinski definition) is 0. The lowest BCUT2D eigenvalue weighted by Gasteiger charge is -2.24. The van der Waals surface area contributed by atoms with Crippen molar-refractivity contribution in [2.45, 2.75) is 36.6 Å². The summed E-state index contributed by atoms with van der Waals surface area (Å²) in [6.45, 7) is 0.336. The number of sulfonamides is 1. The van der Waals surface area contributed by atoms with Crippen molar-refractivity contribution in [1.29, 1.82) is 0 Å². The Morgan fingerprint density at radius 1 is 1.33 bits per heavy atom. The van der Waals surface area contributed by atoms with E-state index in [0.29, 0.717) is 38.3 Å². The van der Waals surface area contributed by atoms with Gasteiger partial charge in [0.2, 0.25) is 10.0 Å². The first kappa shape index (κ1) is 17.0. The lowest BCUT2D eigenvalue weighted by Crippen LogP contribution is -2.36. The van der Waals surface area contributed by atoms with Gasteiger partial charge >= 0.3 is 0 Å². The molecule has 2 aromatic rings. The van der Waals surface area contributed by atoms with Gasteiger partial charge in [-0.2, -0.15) is 4.31 Å². The number of rotatable bonds is 5. The van der Waals surface area contributed by atoms with E-state index in [0.717, 1.165) is 18.0 Å². The van der Waals surface area contributed by atoms with E-state index in [4.69, 9.17) is 0 Å². The van der Waals surface area contributed by atoms with Gasteiger partial charge in [0.1, 0.15) is 28.7 Å². The average molecular weight is 356 g/mol. The normalized spacial score (nSPS) is 19.0. The maximum Gasteiger partial charge on any atom is 0.246 e. The fraction of sp³-hybridized carbons (Fsp3) is 0.467. The first-order valence-electron chi connectivity index (χ1n) is 7.69. The predicted octanol–water partition coefficient (Wildman–Crippen LogP) is 1.88. The van der Waals surface area contributed by atoms with Gasteiger partial charge in [-0.15, -0.1) is 10.2 Å². The van der Waals surface area contributed by atoms with E-state index >= 15 is 0 Å². The van der Waals surface area contributed by atoms with Gasteiger partial charge in [0.15, 0.2) is 0 Å². The zero-order valence-electron chi connectivity index (χ0n) is 13.2. The van der Waals surface area contributed by atoms with Crippen LogP contribution in [0.25, 0.3) is 0 Å². The highest BCUT2D eigenvalue weighted by atomic mass is 32.2. The van der Waals surface area contributed by atoms with Gasteiger partial charge in [0, 0.05) is 32.1 Å². The number of halogens is 2. The molecular weight excluding hydrogens is 338 g/mol. The van der Waals surface area contributed by atoms with E-state index in [9.17, 15) is 17.2 Å². The van der Waals surface area contributed by atoms with Crippen LogP contribution in [0.15, 0.2) is 29.4 Å². The molecule has 0 spiro atoms. The van der Waals surface area contributed by atoms with E-state index in [1.54, 1.807) is 10.9 Å². The Morgan fingerprint density at radius 3 is 2.79 bits per heavy atom. The van der Waals surface area contributed by atoms with Crippen LogP contribution in [0.5, 0.6) is 0 Å². The zero-order valence-corrected chi connectivity index (χ0v) is 14.0. The summed E-state index contributed by atoms with van der Waals surface area (Å²) in [5.41, 5.74) is 0. The highest BCUT2D eigenvalue weighted by molar-refractivity contribution is 7.89. The molecule has 0 bridgehead atoms. The van der Waals surface area contributed by atoms with Crippen LogP contribution in [-0.4, -0.2) is 40.1 Å². The molecule has 3 rings (SSSR count). The number of aromatic nitrogens is 3. The smallest absolute Gasteiger partial charge is 0.246 e. The van der Waals surface area contributed by atoms with Crippen molar-refractivity contribution < 1.29 is 17.2 Å². The summed E-state index contributed by atoms with van der Waals surface area (Å²) in [4.78, 5) is -0.477. The van der Waals surface area contributed by atoms with Crippen LogP contribution < -0.4 is 0 Å². The maximum atomic E-state index is 13.9. The second-order valence-corrected chi connectivity index (χ2v) is 7.74. The number of hydrogen-bond acceptors (Lipinski definition) is 4. The molecule has 1 aromatic heterocycles. The van der Waals surface area contributed by atoms with Crippen LogP contribution in [0.1, 0.15) is 25.1 Å². The maximum absolute atomic E-state index is 13.9. The first-order valence-corrected chi connectivity index (χ1v) is 9.13. The molecule has 130 valence electrons. The molecule has 0 radical (unpaired) electrons. The number of benzene rings is 1. The van der Waals surface area contributed by atoms with Crippen LogP contribution in [0.2, 0.25) is 0 Å². The fourth-order valence-corrected chi connectivity index (χ4v) is 4.82. The summed E-state index contributed by atoms with van der Waals surface area (Å²) < 4.78 is 55.5. The van der Waals surface area contributed by atoms with E-state index in [2.05, 4.69) is 10.2 Å². The fourth-order valence-electron chi connectivity index (χ4n) is 3.05. The molecule has 2 heterocycles. The Kier molecular flexibility index (Phi) is 4.64. The van der Waals surface area contributed by atoms with Crippen molar-refractivity contribution in [3.8, 4) is 0 Å². The Labute approximate surface area is 139 Å². The minimum absolute atomic E-state index is 0.226. The van der Waals surface area contributed by atoms with Crippen LogP contribution in [0, 0.1) is 11.6 Å². The molecule has 1 unspecified atom stereocenters. The third kappa shape index (κ3) is 3.18. The van der Waals surface area contributed by atoms with E-state index < -0.39 is 26.6 Å². The summed E-state index contributed by atoms with van der Waals surface area (Å²) in [7, 11) is -2.16. The van der Waals surface area contributed by atoms with Gasteiger partial charge < -0.3 is 4.57 Å². The van der Waals surface area contributed by atoms with Gasteiger partial charge in [-0.3, -0.25) is 0 Å². The summed E-state index contributed by atoms with van der Waals surface area (Å²) in [6, 6.07) is 2.31. The van der Waals surface area contributed by atoms with E-state index in [1.165, 1.54) is 4.31 Å². The molecule has 0 amide bonds. The third-order valence-electron chi connectivity index (χ3n) is 4.31. The standard InChI is InChI=1S/C15H18F2N4O2S/c1-20-10-18-19-15(20)7-5-12-3-2-8-21(12)24(22,23)14-6-4-11(16)9-13(14)17/h4,6,9-10,12H,2-3,5,7-8H2,1H3. The largest absolute Gasteiger partial charge is 0.321 e. The molecule has 0 N–H and O–H groups in total. The lowest BCUT2D eigenvalue weighted by molar-refractivity contribution is 0.365. The molecule has 1 fully saturated rings. The Bertz CT molecular complexity index is 838. The van der Waals surface area contributed by atoms with Crippen molar-refractivity contribution in [1.82, 2.24) is 19.1 Å². The minimum atomic E-state index is -3.99.